The van der Waals surface area contributed by atoms with E-state index in [1.54, 1.807) is 19.2 Å². The third-order valence-electron chi connectivity index (χ3n) is 4.65. The van der Waals surface area contributed by atoms with E-state index in [2.05, 4.69) is 5.32 Å². The maximum atomic E-state index is 12.4. The summed E-state index contributed by atoms with van der Waals surface area (Å²) in [7, 11) is -1.96. The molecular formula is C22H30N2O4S. The van der Waals surface area contributed by atoms with Gasteiger partial charge in [-0.1, -0.05) is 50.2 Å². The van der Waals surface area contributed by atoms with E-state index in [9.17, 15) is 13.2 Å². The Bertz CT molecular complexity index is 926. The molecule has 0 aliphatic heterocycles. The van der Waals surface area contributed by atoms with Crippen LogP contribution in [0.2, 0.25) is 0 Å². The van der Waals surface area contributed by atoms with Crippen LogP contribution in [0.25, 0.3) is 0 Å². The van der Waals surface area contributed by atoms with Crippen molar-refractivity contribution in [2.24, 2.45) is 0 Å². The predicted octanol–water partition coefficient (Wildman–Crippen LogP) is 3.33. The second-order valence-corrected chi connectivity index (χ2v) is 9.16. The van der Waals surface area contributed by atoms with Gasteiger partial charge in [0.05, 0.1) is 19.1 Å². The topological polar surface area (TPSA) is 75.7 Å². The lowest BCUT2D eigenvalue weighted by Crippen LogP contribution is -2.41. The van der Waals surface area contributed by atoms with Crippen molar-refractivity contribution >= 4 is 21.6 Å². The van der Waals surface area contributed by atoms with Gasteiger partial charge in [0, 0.05) is 6.54 Å². The molecular weight excluding hydrogens is 388 g/mol. The van der Waals surface area contributed by atoms with Crippen molar-refractivity contribution in [2.45, 2.75) is 32.6 Å². The molecule has 1 amide bonds. The molecule has 2 aromatic rings. The number of anilines is 1. The van der Waals surface area contributed by atoms with Crippen molar-refractivity contribution in [1.82, 2.24) is 5.32 Å². The lowest BCUT2D eigenvalue weighted by atomic mass is 10.0. The maximum absolute atomic E-state index is 12.4. The van der Waals surface area contributed by atoms with E-state index in [1.807, 2.05) is 50.2 Å². The highest BCUT2D eigenvalue weighted by Crippen LogP contribution is 2.28. The molecule has 1 N–H and O–H groups in total. The molecule has 0 bridgehead atoms. The van der Waals surface area contributed by atoms with Gasteiger partial charge in [0.15, 0.2) is 0 Å². The van der Waals surface area contributed by atoms with Crippen LogP contribution in [0.5, 0.6) is 5.75 Å². The quantitative estimate of drug-likeness (QED) is 0.601. The van der Waals surface area contributed by atoms with Crippen molar-refractivity contribution in [1.29, 1.82) is 0 Å². The molecule has 2 rings (SSSR count). The molecule has 0 saturated carbocycles. The predicted molar refractivity (Wildman–Crippen MR) is 117 cm³/mol. The third kappa shape index (κ3) is 6.49. The Kier molecular flexibility index (Phi) is 8.08. The summed E-state index contributed by atoms with van der Waals surface area (Å²) in [5, 5.41) is 2.83. The van der Waals surface area contributed by atoms with Gasteiger partial charge in [0.2, 0.25) is 15.9 Å². The van der Waals surface area contributed by atoms with Gasteiger partial charge in [-0.05, 0) is 42.0 Å². The van der Waals surface area contributed by atoms with Crippen LogP contribution in [0, 0.1) is 0 Å². The largest absolute Gasteiger partial charge is 0.496 e. The number of carbonyl (C=O) groups excluding carboxylic acids is 1. The molecule has 7 heteroatoms. The van der Waals surface area contributed by atoms with Crippen LogP contribution in [0.1, 0.15) is 37.3 Å². The van der Waals surface area contributed by atoms with Gasteiger partial charge in [0.1, 0.15) is 12.3 Å². The van der Waals surface area contributed by atoms with E-state index in [1.165, 1.54) is 4.31 Å². The molecule has 0 aromatic heterocycles. The Morgan fingerprint density at radius 2 is 1.76 bits per heavy atom. The van der Waals surface area contributed by atoms with Gasteiger partial charge >= 0.3 is 0 Å². The fourth-order valence-electron chi connectivity index (χ4n) is 3.19. The Labute approximate surface area is 173 Å². The molecule has 0 aliphatic carbocycles. The summed E-state index contributed by atoms with van der Waals surface area (Å²) in [6.45, 7) is 4.21. The number of ether oxygens (including phenoxy) is 1. The van der Waals surface area contributed by atoms with Crippen molar-refractivity contribution in [3.8, 4) is 5.75 Å². The zero-order valence-electron chi connectivity index (χ0n) is 17.5. The number of aryl methyl sites for hydroxylation is 1. The number of nitrogens with zero attached hydrogens (tertiary/aromatic N) is 1. The Balaban J connectivity index is 1.99. The number of para-hydroxylation sites is 2. The molecule has 0 spiro atoms. The SMILES string of the molecule is COc1ccccc1CCCNC(=O)CN(c1ccccc1C(C)C)S(C)(=O)=O. The molecule has 0 heterocycles. The number of amides is 1. The molecule has 0 atom stereocenters. The first-order chi connectivity index (χ1) is 13.7. The molecule has 158 valence electrons. The monoisotopic (exact) mass is 418 g/mol. The summed E-state index contributed by atoms with van der Waals surface area (Å²) < 4.78 is 31.2. The third-order valence-corrected chi connectivity index (χ3v) is 5.78. The number of nitrogens with one attached hydrogen (secondary N) is 1. The van der Waals surface area contributed by atoms with Gasteiger partial charge in [0.25, 0.3) is 0 Å². The zero-order chi connectivity index (χ0) is 21.4. The fraction of sp³-hybridized carbons (Fsp3) is 0.409. The number of benzene rings is 2. The number of sulfonamides is 1. The average molecular weight is 419 g/mol. The normalized spacial score (nSPS) is 11.3. The van der Waals surface area contributed by atoms with Crippen molar-refractivity contribution in [2.75, 3.05) is 30.8 Å². The number of carbonyl (C=O) groups is 1. The van der Waals surface area contributed by atoms with Gasteiger partial charge < -0.3 is 10.1 Å². The van der Waals surface area contributed by atoms with Crippen molar-refractivity contribution in [3.63, 3.8) is 0 Å². The van der Waals surface area contributed by atoms with E-state index >= 15 is 0 Å². The molecule has 0 radical (unpaired) electrons. The lowest BCUT2D eigenvalue weighted by Gasteiger charge is -2.25. The van der Waals surface area contributed by atoms with Gasteiger partial charge in [-0.3, -0.25) is 9.10 Å². The summed E-state index contributed by atoms with van der Waals surface area (Å²) in [5.41, 5.74) is 2.52. The summed E-state index contributed by atoms with van der Waals surface area (Å²) >= 11 is 0. The first kappa shape index (κ1) is 22.7. The molecule has 0 fully saturated rings. The second-order valence-electron chi connectivity index (χ2n) is 7.25. The molecule has 6 nitrogen and oxygen atoms in total. The minimum atomic E-state index is -3.60. The van der Waals surface area contributed by atoms with Crippen molar-refractivity contribution < 1.29 is 17.9 Å². The fourth-order valence-corrected chi connectivity index (χ4v) is 4.06. The average Bonchev–Trinajstić information content (AvgIpc) is 2.68. The first-order valence-corrected chi connectivity index (χ1v) is 11.5. The summed E-state index contributed by atoms with van der Waals surface area (Å²) in [6.07, 6.45) is 2.61. The number of hydrogen-bond acceptors (Lipinski definition) is 4. The maximum Gasteiger partial charge on any atom is 0.240 e. The van der Waals surface area contributed by atoms with Crippen molar-refractivity contribution in [3.05, 3.63) is 59.7 Å². The molecule has 2 aromatic carbocycles. The zero-order valence-corrected chi connectivity index (χ0v) is 18.3. The standard InChI is InChI=1S/C22H30N2O4S/c1-17(2)19-12-6-7-13-20(19)24(29(4,26)27)16-22(25)23-15-9-11-18-10-5-8-14-21(18)28-3/h5-8,10,12-14,17H,9,11,15-16H2,1-4H3,(H,23,25). The van der Waals surface area contributed by atoms with Crippen LogP contribution in [-0.2, 0) is 21.2 Å². The van der Waals surface area contributed by atoms with E-state index < -0.39 is 10.0 Å². The summed E-state index contributed by atoms with van der Waals surface area (Å²) in [5.74, 6) is 0.640. The highest BCUT2D eigenvalue weighted by Gasteiger charge is 2.23. The van der Waals surface area contributed by atoms with E-state index in [-0.39, 0.29) is 18.4 Å². The molecule has 29 heavy (non-hydrogen) atoms. The summed E-state index contributed by atoms with van der Waals surface area (Å²) in [4.78, 5) is 12.4. The van der Waals surface area contributed by atoms with Crippen LogP contribution in [0.4, 0.5) is 5.69 Å². The molecule has 0 unspecified atom stereocenters. The molecule has 0 saturated heterocycles. The Morgan fingerprint density at radius 1 is 1.10 bits per heavy atom. The van der Waals surface area contributed by atoms with Gasteiger partial charge in [-0.15, -0.1) is 0 Å². The summed E-state index contributed by atoms with van der Waals surface area (Å²) in [6, 6.07) is 15.1. The smallest absolute Gasteiger partial charge is 0.240 e. The highest BCUT2D eigenvalue weighted by molar-refractivity contribution is 7.92. The van der Waals surface area contributed by atoms with E-state index in [0.717, 1.165) is 36.0 Å². The minimum Gasteiger partial charge on any atom is -0.496 e. The minimum absolute atomic E-state index is 0.138. The van der Waals surface area contributed by atoms with Gasteiger partial charge in [-0.25, -0.2) is 8.42 Å². The van der Waals surface area contributed by atoms with E-state index in [0.29, 0.717) is 12.2 Å². The van der Waals surface area contributed by atoms with Crippen LogP contribution >= 0.6 is 0 Å². The van der Waals surface area contributed by atoms with Gasteiger partial charge in [-0.2, -0.15) is 0 Å². The second kappa shape index (κ2) is 10.3. The van der Waals surface area contributed by atoms with Crippen LogP contribution < -0.4 is 14.4 Å². The van der Waals surface area contributed by atoms with Crippen LogP contribution in [0.3, 0.4) is 0 Å². The number of methoxy groups -OCH3 is 1. The highest BCUT2D eigenvalue weighted by atomic mass is 32.2. The Hall–Kier alpha value is -2.54. The van der Waals surface area contributed by atoms with Crippen LogP contribution in [-0.4, -0.2) is 40.8 Å². The van der Waals surface area contributed by atoms with E-state index in [4.69, 9.17) is 4.74 Å². The van der Waals surface area contributed by atoms with Crippen LogP contribution in [0.15, 0.2) is 48.5 Å². The lowest BCUT2D eigenvalue weighted by molar-refractivity contribution is -0.119. The Morgan fingerprint density at radius 3 is 2.41 bits per heavy atom. The molecule has 0 aliphatic rings. The number of hydrogen-bond donors (Lipinski definition) is 1. The number of rotatable bonds is 10. The first-order valence-electron chi connectivity index (χ1n) is 9.69.